The Morgan fingerprint density at radius 3 is 2.21 bits per heavy atom. The van der Waals surface area contributed by atoms with E-state index < -0.39 is 34.8 Å². The van der Waals surface area contributed by atoms with Crippen molar-refractivity contribution in [3.8, 4) is 17.2 Å². The number of carbonyl (C=O) groups excluding carboxylic acids is 1. The second-order valence-corrected chi connectivity index (χ2v) is 5.28. The summed E-state index contributed by atoms with van der Waals surface area (Å²) in [5.74, 6) is -2.17. The number of aliphatic hydroxyl groups is 1. The predicted octanol–water partition coefficient (Wildman–Crippen LogP) is 0.789. The Labute approximate surface area is 110 Å². The number of likely N-dealkylation sites (tertiary alicyclic amines) is 1. The summed E-state index contributed by atoms with van der Waals surface area (Å²) >= 11 is 0. The van der Waals surface area contributed by atoms with Gasteiger partial charge in [0, 0.05) is 12.1 Å². The smallest absolute Gasteiger partial charge is 0.254 e. The van der Waals surface area contributed by atoms with Crippen molar-refractivity contribution in [3.05, 3.63) is 17.7 Å². The van der Waals surface area contributed by atoms with Crippen LogP contribution in [0, 0.1) is 0 Å². The predicted molar refractivity (Wildman–Crippen MR) is 67.2 cm³/mol. The normalized spacial score (nSPS) is 21.6. The highest BCUT2D eigenvalue weighted by Gasteiger charge is 2.43. The van der Waals surface area contributed by atoms with E-state index >= 15 is 0 Å². The zero-order valence-corrected chi connectivity index (χ0v) is 10.8. The molecular weight excluding hydrogens is 250 g/mol. The molecule has 1 aromatic carbocycles. The van der Waals surface area contributed by atoms with Gasteiger partial charge in [-0.2, -0.15) is 0 Å². The average molecular weight is 267 g/mol. The zero-order chi connectivity index (χ0) is 14.4. The lowest BCUT2D eigenvalue weighted by Gasteiger charge is -2.33. The minimum Gasteiger partial charge on any atom is -0.504 e. The Morgan fingerprint density at radius 1 is 1.26 bits per heavy atom. The first kappa shape index (κ1) is 13.5. The van der Waals surface area contributed by atoms with E-state index in [1.54, 1.807) is 13.8 Å². The van der Waals surface area contributed by atoms with Crippen LogP contribution in [-0.2, 0) is 0 Å². The first-order valence-corrected chi connectivity index (χ1v) is 6.00. The number of aliphatic hydroxyl groups excluding tert-OH is 1. The molecule has 0 radical (unpaired) electrons. The molecule has 1 fully saturated rings. The van der Waals surface area contributed by atoms with Crippen LogP contribution in [0.4, 0.5) is 0 Å². The van der Waals surface area contributed by atoms with E-state index in [1.807, 2.05) is 0 Å². The molecule has 1 atom stereocenters. The van der Waals surface area contributed by atoms with Gasteiger partial charge < -0.3 is 25.3 Å². The topological polar surface area (TPSA) is 101 Å². The molecule has 1 amide bonds. The van der Waals surface area contributed by atoms with Gasteiger partial charge in [-0.3, -0.25) is 4.79 Å². The summed E-state index contributed by atoms with van der Waals surface area (Å²) in [5, 5.41) is 38.0. The highest BCUT2D eigenvalue weighted by molar-refractivity contribution is 5.96. The average Bonchev–Trinajstić information content (AvgIpc) is 2.60. The molecule has 0 aromatic heterocycles. The van der Waals surface area contributed by atoms with Gasteiger partial charge in [0.05, 0.1) is 11.6 Å². The lowest BCUT2D eigenvalue weighted by atomic mass is 9.98. The molecule has 4 N–H and O–H groups in total. The third kappa shape index (κ3) is 2.08. The van der Waals surface area contributed by atoms with Gasteiger partial charge in [0.1, 0.15) is 0 Å². The van der Waals surface area contributed by atoms with Gasteiger partial charge in [0.15, 0.2) is 17.2 Å². The van der Waals surface area contributed by atoms with E-state index in [9.17, 15) is 25.2 Å². The molecule has 1 heterocycles. The first-order valence-electron chi connectivity index (χ1n) is 6.00. The van der Waals surface area contributed by atoms with E-state index in [0.29, 0.717) is 13.0 Å². The summed E-state index contributed by atoms with van der Waals surface area (Å²) in [7, 11) is 0. The van der Waals surface area contributed by atoms with Gasteiger partial charge in [-0.15, -0.1) is 0 Å². The van der Waals surface area contributed by atoms with Crippen LogP contribution < -0.4 is 0 Å². The Morgan fingerprint density at radius 2 is 1.79 bits per heavy atom. The number of hydrogen-bond acceptors (Lipinski definition) is 5. The molecule has 19 heavy (non-hydrogen) atoms. The fraction of sp³-hybridized carbons (Fsp3) is 0.462. The van der Waals surface area contributed by atoms with E-state index in [2.05, 4.69) is 0 Å². The van der Waals surface area contributed by atoms with Crippen molar-refractivity contribution in [1.82, 2.24) is 4.90 Å². The third-order valence-electron chi connectivity index (χ3n) is 3.70. The fourth-order valence-corrected chi connectivity index (χ4v) is 2.32. The molecule has 0 aliphatic carbocycles. The van der Waals surface area contributed by atoms with Gasteiger partial charge in [-0.05, 0) is 32.4 Å². The minimum atomic E-state index is -0.708. The van der Waals surface area contributed by atoms with Gasteiger partial charge in [-0.25, -0.2) is 0 Å². The van der Waals surface area contributed by atoms with Crippen molar-refractivity contribution in [2.45, 2.75) is 31.9 Å². The van der Waals surface area contributed by atoms with E-state index in [1.165, 1.54) is 4.90 Å². The zero-order valence-electron chi connectivity index (χ0n) is 10.8. The SMILES string of the molecule is CC1(C)C(O)CCN1C(=O)c1cc(O)c(O)c(O)c1. The maximum Gasteiger partial charge on any atom is 0.254 e. The van der Waals surface area contributed by atoms with Gasteiger partial charge in [-0.1, -0.05) is 0 Å². The molecule has 1 unspecified atom stereocenters. The van der Waals surface area contributed by atoms with Crippen LogP contribution in [0.25, 0.3) is 0 Å². The van der Waals surface area contributed by atoms with E-state index in [4.69, 9.17) is 0 Å². The second kappa shape index (κ2) is 4.31. The molecule has 6 nitrogen and oxygen atoms in total. The number of phenols is 3. The quantitative estimate of drug-likeness (QED) is 0.563. The maximum atomic E-state index is 12.3. The molecule has 0 bridgehead atoms. The van der Waals surface area contributed by atoms with Crippen molar-refractivity contribution in [1.29, 1.82) is 0 Å². The number of phenolic OH excluding ortho intramolecular Hbond substituents is 3. The monoisotopic (exact) mass is 267 g/mol. The number of hydrogen-bond donors (Lipinski definition) is 4. The van der Waals surface area contributed by atoms with Crippen LogP contribution in [0.3, 0.4) is 0 Å². The molecule has 6 heteroatoms. The minimum absolute atomic E-state index is 0.0648. The molecule has 1 saturated heterocycles. The fourth-order valence-electron chi connectivity index (χ4n) is 2.32. The van der Waals surface area contributed by atoms with Crippen molar-refractivity contribution in [2.75, 3.05) is 6.54 Å². The lowest BCUT2D eigenvalue weighted by molar-refractivity contribution is 0.0394. The summed E-state index contributed by atoms with van der Waals surface area (Å²) < 4.78 is 0. The summed E-state index contributed by atoms with van der Waals surface area (Å²) in [4.78, 5) is 13.8. The van der Waals surface area contributed by atoms with E-state index in [-0.39, 0.29) is 5.56 Å². The number of amides is 1. The van der Waals surface area contributed by atoms with Gasteiger partial charge in [0.2, 0.25) is 0 Å². The molecular formula is C13H17NO5. The standard InChI is InChI=1S/C13H17NO5/c1-13(2)10(17)3-4-14(13)12(19)7-5-8(15)11(18)9(16)6-7/h5-6,10,15-18H,3-4H2,1-2H3. The Kier molecular flexibility index (Phi) is 3.06. The van der Waals surface area contributed by atoms with Crippen LogP contribution in [0.2, 0.25) is 0 Å². The summed E-state index contributed by atoms with van der Waals surface area (Å²) in [6, 6.07) is 2.19. The Hall–Kier alpha value is -1.95. The molecule has 1 aliphatic rings. The van der Waals surface area contributed by atoms with Gasteiger partial charge in [0.25, 0.3) is 5.91 Å². The number of carbonyl (C=O) groups is 1. The van der Waals surface area contributed by atoms with Crippen LogP contribution in [0.5, 0.6) is 17.2 Å². The van der Waals surface area contributed by atoms with Crippen molar-refractivity contribution < 1.29 is 25.2 Å². The van der Waals surface area contributed by atoms with Crippen LogP contribution in [-0.4, -0.2) is 49.4 Å². The largest absolute Gasteiger partial charge is 0.504 e. The Balaban J connectivity index is 2.36. The summed E-state index contributed by atoms with van der Waals surface area (Å²) in [6.07, 6.45) is -0.134. The van der Waals surface area contributed by atoms with Crippen molar-refractivity contribution in [2.24, 2.45) is 0 Å². The molecule has 104 valence electrons. The molecule has 0 spiro atoms. The molecule has 1 aliphatic heterocycles. The lowest BCUT2D eigenvalue weighted by Crippen LogP contribution is -2.48. The molecule has 2 rings (SSSR count). The highest BCUT2D eigenvalue weighted by Crippen LogP contribution is 2.37. The van der Waals surface area contributed by atoms with Crippen LogP contribution in [0.15, 0.2) is 12.1 Å². The molecule has 1 aromatic rings. The highest BCUT2D eigenvalue weighted by atomic mass is 16.3. The number of nitrogens with zero attached hydrogens (tertiary/aromatic N) is 1. The second-order valence-electron chi connectivity index (χ2n) is 5.28. The van der Waals surface area contributed by atoms with Crippen molar-refractivity contribution >= 4 is 5.91 Å². The first-order chi connectivity index (χ1) is 8.75. The van der Waals surface area contributed by atoms with Gasteiger partial charge >= 0.3 is 0 Å². The number of rotatable bonds is 1. The van der Waals surface area contributed by atoms with Crippen LogP contribution in [0.1, 0.15) is 30.6 Å². The maximum absolute atomic E-state index is 12.3. The number of aromatic hydroxyl groups is 3. The summed E-state index contributed by atoms with van der Waals surface area (Å²) in [5.41, 5.74) is -0.643. The molecule has 0 saturated carbocycles. The van der Waals surface area contributed by atoms with Crippen LogP contribution >= 0.6 is 0 Å². The summed E-state index contributed by atoms with van der Waals surface area (Å²) in [6.45, 7) is 3.90. The number of benzene rings is 1. The van der Waals surface area contributed by atoms with E-state index in [0.717, 1.165) is 12.1 Å². The Bertz CT molecular complexity index is 503. The van der Waals surface area contributed by atoms with Crippen molar-refractivity contribution in [3.63, 3.8) is 0 Å². The third-order valence-corrected chi connectivity index (χ3v) is 3.70.